The zero-order valence-corrected chi connectivity index (χ0v) is 21.4. The molecule has 1 fully saturated rings. The van der Waals surface area contributed by atoms with Crippen molar-refractivity contribution in [3.63, 3.8) is 0 Å². The molecule has 1 aromatic carbocycles. The fraction of sp³-hybridized carbons (Fsp3) is 0.407. The topological polar surface area (TPSA) is 118 Å². The Morgan fingerprint density at radius 2 is 2.03 bits per heavy atom. The molecule has 2 heterocycles. The van der Waals surface area contributed by atoms with Crippen LogP contribution in [0.15, 0.2) is 48.7 Å². The Morgan fingerprint density at radius 1 is 1.24 bits per heavy atom. The summed E-state index contributed by atoms with van der Waals surface area (Å²) >= 11 is 6.32. The average Bonchev–Trinajstić information content (AvgIpc) is 2.89. The quantitative estimate of drug-likeness (QED) is 0.271. The first kappa shape index (κ1) is 28.3. The largest absolute Gasteiger partial charge is 0.507 e. The summed E-state index contributed by atoms with van der Waals surface area (Å²) in [6, 6.07) is 0.984. The van der Waals surface area contributed by atoms with Crippen molar-refractivity contribution in [2.45, 2.75) is 38.2 Å². The van der Waals surface area contributed by atoms with Gasteiger partial charge in [0, 0.05) is 24.7 Å². The predicted octanol–water partition coefficient (Wildman–Crippen LogP) is 4.26. The number of allylic oxidation sites excluding steroid dienone is 1. The van der Waals surface area contributed by atoms with Crippen molar-refractivity contribution in [3.8, 4) is 11.5 Å². The van der Waals surface area contributed by atoms with Crippen molar-refractivity contribution in [2.24, 2.45) is 0 Å². The number of hydrogen-bond donors (Lipinski definition) is 3. The summed E-state index contributed by atoms with van der Waals surface area (Å²) in [5.74, 6) is -1.84. The van der Waals surface area contributed by atoms with Gasteiger partial charge in [-0.05, 0) is 44.3 Å². The van der Waals surface area contributed by atoms with E-state index in [0.29, 0.717) is 38.2 Å². The summed E-state index contributed by atoms with van der Waals surface area (Å²) < 4.78 is 11.1. The smallest absolute Gasteiger partial charge is 0.342 e. The van der Waals surface area contributed by atoms with Crippen LogP contribution in [0.4, 0.5) is 0 Å². The molecule has 2 aliphatic rings. The SMILES string of the molecule is C=CCOC1C=CCCOC(=O)c2c(O)cc(O)c(Cl)c2/C=C(NOCC(=O)N2CCCCC2)/C=C/C1. The number of carbonyl (C=O) groups excluding carboxylic acids is 2. The van der Waals surface area contributed by atoms with Gasteiger partial charge in [-0.15, -0.1) is 6.58 Å². The Labute approximate surface area is 221 Å². The number of carbonyl (C=O) groups is 2. The van der Waals surface area contributed by atoms with Crippen molar-refractivity contribution in [1.29, 1.82) is 0 Å². The van der Waals surface area contributed by atoms with E-state index in [2.05, 4.69) is 12.1 Å². The molecule has 37 heavy (non-hydrogen) atoms. The van der Waals surface area contributed by atoms with Crippen LogP contribution in [0.5, 0.6) is 11.5 Å². The highest BCUT2D eigenvalue weighted by atomic mass is 35.5. The number of esters is 1. The Hall–Kier alpha value is -3.27. The Bertz CT molecular complexity index is 1060. The van der Waals surface area contributed by atoms with Gasteiger partial charge in [-0.25, -0.2) is 4.79 Å². The van der Waals surface area contributed by atoms with Gasteiger partial charge in [0.15, 0.2) is 6.61 Å². The number of phenolic OH excluding ortho intramolecular Hbond substituents is 2. The van der Waals surface area contributed by atoms with Gasteiger partial charge >= 0.3 is 5.97 Å². The maximum atomic E-state index is 12.8. The Balaban J connectivity index is 1.90. The first-order valence-electron chi connectivity index (χ1n) is 12.2. The zero-order valence-electron chi connectivity index (χ0n) is 20.7. The number of hydrogen-bond acceptors (Lipinski definition) is 8. The minimum atomic E-state index is -0.805. The fourth-order valence-electron chi connectivity index (χ4n) is 3.95. The lowest BCUT2D eigenvalue weighted by Gasteiger charge is -2.26. The van der Waals surface area contributed by atoms with E-state index >= 15 is 0 Å². The molecule has 0 spiro atoms. The normalized spacial score (nSPS) is 21.1. The summed E-state index contributed by atoms with van der Waals surface area (Å²) in [6.07, 6.45) is 14.0. The number of benzene rings is 1. The molecule has 1 saturated heterocycles. The number of amides is 1. The number of fused-ring (bicyclic) bond motifs is 1. The lowest BCUT2D eigenvalue weighted by Crippen LogP contribution is -2.39. The van der Waals surface area contributed by atoms with Gasteiger partial charge in [-0.2, -0.15) is 0 Å². The number of halogens is 1. The van der Waals surface area contributed by atoms with Crippen LogP contribution in [-0.4, -0.2) is 66.0 Å². The number of cyclic esters (lactones) is 1. The number of ether oxygens (including phenoxy) is 2. The molecule has 1 atom stereocenters. The van der Waals surface area contributed by atoms with E-state index in [-0.39, 0.29) is 41.4 Å². The molecular weight excluding hydrogens is 500 g/mol. The number of likely N-dealkylation sites (tertiary alicyclic amines) is 1. The van der Waals surface area contributed by atoms with Crippen LogP contribution in [0.2, 0.25) is 5.02 Å². The molecule has 0 aliphatic carbocycles. The van der Waals surface area contributed by atoms with Crippen LogP contribution < -0.4 is 5.48 Å². The highest BCUT2D eigenvalue weighted by Gasteiger charge is 2.23. The molecule has 2 aliphatic heterocycles. The van der Waals surface area contributed by atoms with Crippen LogP contribution >= 0.6 is 11.6 Å². The van der Waals surface area contributed by atoms with E-state index in [1.54, 1.807) is 17.1 Å². The number of piperidine rings is 1. The molecule has 0 saturated carbocycles. The van der Waals surface area contributed by atoms with Gasteiger partial charge in [0.2, 0.25) is 0 Å². The van der Waals surface area contributed by atoms with Crippen molar-refractivity contribution in [1.82, 2.24) is 10.4 Å². The standard InChI is InChI=1S/C27H33ClN2O7/c1-2-14-35-20-10-4-7-15-36-27(34)25-21(26(28)23(32)17-22(25)31)16-19(9-8-11-20)29-37-18-24(33)30-12-5-3-6-13-30/h2,4,8-10,16-17,20,29,31-32H,1,3,5-7,11-15,18H2/b9-8+,10-4?,19-16-. The second-order valence-corrected chi connectivity index (χ2v) is 8.98. The second-order valence-electron chi connectivity index (χ2n) is 8.60. The number of rotatable bonds is 7. The van der Waals surface area contributed by atoms with Crippen molar-refractivity contribution < 1.29 is 34.1 Å². The van der Waals surface area contributed by atoms with E-state index < -0.39 is 17.5 Å². The van der Waals surface area contributed by atoms with Crippen LogP contribution in [0, 0.1) is 0 Å². The van der Waals surface area contributed by atoms with Gasteiger partial charge < -0.3 is 24.6 Å². The van der Waals surface area contributed by atoms with Crippen molar-refractivity contribution in [3.05, 3.63) is 64.9 Å². The maximum Gasteiger partial charge on any atom is 0.342 e. The zero-order chi connectivity index (χ0) is 26.6. The summed E-state index contributed by atoms with van der Waals surface area (Å²) in [5.41, 5.74) is 2.88. The van der Waals surface area contributed by atoms with E-state index in [1.165, 1.54) is 6.08 Å². The molecule has 3 N–H and O–H groups in total. The second kappa shape index (κ2) is 14.5. The molecule has 1 aromatic rings. The number of hydroxylamine groups is 1. The molecule has 0 aromatic heterocycles. The lowest BCUT2D eigenvalue weighted by molar-refractivity contribution is -0.139. The first-order valence-corrected chi connectivity index (χ1v) is 12.6. The molecule has 1 unspecified atom stereocenters. The van der Waals surface area contributed by atoms with E-state index in [4.69, 9.17) is 25.9 Å². The third-order valence-electron chi connectivity index (χ3n) is 5.82. The number of nitrogens with zero attached hydrogens (tertiary/aromatic N) is 1. The Morgan fingerprint density at radius 3 is 2.78 bits per heavy atom. The fourth-order valence-corrected chi connectivity index (χ4v) is 4.15. The number of aromatic hydroxyl groups is 2. The molecule has 0 bridgehead atoms. The minimum Gasteiger partial charge on any atom is -0.507 e. The third-order valence-corrected chi connectivity index (χ3v) is 6.22. The number of nitrogens with one attached hydrogen (secondary N) is 1. The van der Waals surface area contributed by atoms with Crippen molar-refractivity contribution >= 4 is 29.6 Å². The molecule has 1 amide bonds. The highest BCUT2D eigenvalue weighted by Crippen LogP contribution is 2.38. The number of phenols is 2. The third kappa shape index (κ3) is 8.38. The predicted molar refractivity (Wildman–Crippen MR) is 140 cm³/mol. The lowest BCUT2D eigenvalue weighted by atomic mass is 10.0. The maximum absolute atomic E-state index is 12.8. The molecule has 200 valence electrons. The van der Waals surface area contributed by atoms with Gasteiger partial charge in [-0.3, -0.25) is 15.1 Å². The molecule has 0 radical (unpaired) electrons. The van der Waals surface area contributed by atoms with Crippen LogP contribution in [0.1, 0.15) is 48.0 Å². The summed E-state index contributed by atoms with van der Waals surface area (Å²) in [6.45, 7) is 5.30. The monoisotopic (exact) mass is 532 g/mol. The van der Waals surface area contributed by atoms with Crippen LogP contribution in [-0.2, 0) is 19.1 Å². The molecule has 3 rings (SSSR count). The minimum absolute atomic E-state index is 0.0364. The van der Waals surface area contributed by atoms with Gasteiger partial charge in [0.05, 0.1) is 30.0 Å². The van der Waals surface area contributed by atoms with Crippen LogP contribution in [0.25, 0.3) is 6.08 Å². The Kier molecular flexibility index (Phi) is 11.1. The average molecular weight is 533 g/mol. The van der Waals surface area contributed by atoms with Crippen LogP contribution in [0.3, 0.4) is 0 Å². The summed E-state index contributed by atoms with van der Waals surface area (Å²) in [4.78, 5) is 32.6. The first-order chi connectivity index (χ1) is 17.9. The molecule has 10 heteroatoms. The van der Waals surface area contributed by atoms with Gasteiger partial charge in [0.1, 0.15) is 17.1 Å². The molecular formula is C27H33ClN2O7. The van der Waals surface area contributed by atoms with E-state index in [0.717, 1.165) is 25.3 Å². The summed E-state index contributed by atoms with van der Waals surface area (Å²) in [5, 5.41) is 20.5. The summed E-state index contributed by atoms with van der Waals surface area (Å²) in [7, 11) is 0. The highest BCUT2D eigenvalue weighted by molar-refractivity contribution is 6.34. The van der Waals surface area contributed by atoms with E-state index in [1.807, 2.05) is 18.2 Å². The molecule has 9 nitrogen and oxygen atoms in total. The van der Waals surface area contributed by atoms with Gasteiger partial charge in [0.25, 0.3) is 5.91 Å². The van der Waals surface area contributed by atoms with E-state index in [9.17, 15) is 19.8 Å². The van der Waals surface area contributed by atoms with Gasteiger partial charge in [-0.1, -0.05) is 35.9 Å². The van der Waals surface area contributed by atoms with Crippen molar-refractivity contribution in [2.75, 3.05) is 32.9 Å².